The van der Waals surface area contributed by atoms with Crippen LogP contribution in [0.1, 0.15) is 0 Å². The van der Waals surface area contributed by atoms with Gasteiger partial charge >= 0.3 is 5.69 Å². The van der Waals surface area contributed by atoms with E-state index >= 15 is 0 Å². The molecule has 0 saturated heterocycles. The first-order chi connectivity index (χ1) is 7.57. The van der Waals surface area contributed by atoms with Gasteiger partial charge in [0.05, 0.1) is 10.8 Å². The van der Waals surface area contributed by atoms with Crippen molar-refractivity contribution in [2.75, 3.05) is 0 Å². The van der Waals surface area contributed by atoms with Crippen molar-refractivity contribution in [2.45, 2.75) is 0 Å². The van der Waals surface area contributed by atoms with E-state index < -0.39 is 34.3 Å². The van der Waals surface area contributed by atoms with Crippen LogP contribution < -0.4 is 0 Å². The maximum Gasteiger partial charge on any atom is 0.431 e. The van der Waals surface area contributed by atoms with Crippen molar-refractivity contribution in [3.05, 3.63) is 46.4 Å². The Hall–Kier alpha value is -2.16. The molecule has 2 aromatic rings. The van der Waals surface area contributed by atoms with E-state index in [0.29, 0.717) is 0 Å². The fraction of sp³-hybridized carbons (Fsp3) is 0. The highest BCUT2D eigenvalue weighted by Gasteiger charge is 2.29. The van der Waals surface area contributed by atoms with Gasteiger partial charge in [0.2, 0.25) is 11.2 Å². The molecule has 0 spiro atoms. The zero-order valence-corrected chi connectivity index (χ0v) is 7.64. The van der Waals surface area contributed by atoms with E-state index in [-0.39, 0.29) is 5.39 Å². The number of hydrogen-bond donors (Lipinski definition) is 0. The Morgan fingerprint density at radius 2 is 1.62 bits per heavy atom. The van der Waals surface area contributed by atoms with E-state index in [4.69, 9.17) is 5.39 Å². The fourth-order valence-corrected chi connectivity index (χ4v) is 1.47. The minimum atomic E-state index is -1.87. The standard InChI is InChI=1S/C10H3F4N2/c11-5-3-1-2-4-6(5)7(12)8(13)9(14)10(4)16-15/h1-3H/q+1. The molecule has 0 aromatic heterocycles. The fourth-order valence-electron chi connectivity index (χ4n) is 1.47. The number of halogens is 4. The van der Waals surface area contributed by atoms with Crippen molar-refractivity contribution in [1.29, 1.82) is 5.39 Å². The van der Waals surface area contributed by atoms with Gasteiger partial charge in [-0.3, -0.25) is 0 Å². The van der Waals surface area contributed by atoms with Crippen LogP contribution in [0.4, 0.5) is 23.2 Å². The van der Waals surface area contributed by atoms with Gasteiger partial charge in [0.1, 0.15) is 5.82 Å². The maximum atomic E-state index is 13.3. The third kappa shape index (κ3) is 1.21. The molecule has 0 saturated carbocycles. The van der Waals surface area contributed by atoms with E-state index in [0.717, 1.165) is 12.1 Å². The molecule has 0 unspecified atom stereocenters. The van der Waals surface area contributed by atoms with Crippen LogP contribution in [-0.2, 0) is 0 Å². The van der Waals surface area contributed by atoms with Gasteiger partial charge in [-0.1, -0.05) is 6.07 Å². The van der Waals surface area contributed by atoms with Crippen molar-refractivity contribution in [2.24, 2.45) is 0 Å². The molecule has 0 fully saturated rings. The number of nitrogens with zero attached hydrogens (tertiary/aromatic N) is 2. The molecule has 0 bridgehead atoms. The molecular weight excluding hydrogens is 224 g/mol. The lowest BCUT2D eigenvalue weighted by molar-refractivity contribution is 0.454. The summed E-state index contributed by atoms with van der Waals surface area (Å²) < 4.78 is 52.6. The SMILES string of the molecule is N#[N+]c1c(F)c(F)c(F)c2c(F)cccc12. The molecule has 0 N–H and O–H groups in total. The molecule has 0 aliphatic rings. The summed E-state index contributed by atoms with van der Waals surface area (Å²) in [4.78, 5) is 2.49. The molecule has 80 valence electrons. The highest BCUT2D eigenvalue weighted by atomic mass is 19.2. The lowest BCUT2D eigenvalue weighted by Gasteiger charge is -2.00. The van der Waals surface area contributed by atoms with E-state index in [9.17, 15) is 17.6 Å². The summed E-state index contributed by atoms with van der Waals surface area (Å²) in [5.41, 5.74) is -0.826. The van der Waals surface area contributed by atoms with Crippen molar-refractivity contribution < 1.29 is 17.6 Å². The van der Waals surface area contributed by atoms with E-state index in [2.05, 4.69) is 4.98 Å². The number of fused-ring (bicyclic) bond motifs is 1. The summed E-state index contributed by atoms with van der Waals surface area (Å²) in [5.74, 6) is -6.22. The average molecular weight is 227 g/mol. The third-order valence-corrected chi connectivity index (χ3v) is 2.18. The van der Waals surface area contributed by atoms with Crippen LogP contribution in [0.25, 0.3) is 15.7 Å². The number of benzene rings is 2. The highest BCUT2D eigenvalue weighted by Crippen LogP contribution is 2.34. The monoisotopic (exact) mass is 227 g/mol. The van der Waals surface area contributed by atoms with Gasteiger partial charge < -0.3 is 0 Å². The van der Waals surface area contributed by atoms with Crippen LogP contribution in [-0.4, -0.2) is 0 Å². The number of diazo groups is 1. The highest BCUT2D eigenvalue weighted by molar-refractivity contribution is 5.95. The van der Waals surface area contributed by atoms with Crippen LogP contribution in [0.2, 0.25) is 0 Å². The van der Waals surface area contributed by atoms with Crippen molar-refractivity contribution in [3.8, 4) is 0 Å². The Kier molecular flexibility index (Phi) is 2.23. The molecule has 16 heavy (non-hydrogen) atoms. The van der Waals surface area contributed by atoms with Gasteiger partial charge in [-0.25, -0.2) is 13.2 Å². The second-order valence-electron chi connectivity index (χ2n) is 3.05. The summed E-state index contributed by atoms with van der Waals surface area (Å²) in [6, 6.07) is 3.19. The molecule has 0 amide bonds. The van der Waals surface area contributed by atoms with Crippen molar-refractivity contribution in [3.63, 3.8) is 0 Å². The Balaban J connectivity index is 3.12. The molecule has 2 rings (SSSR count). The van der Waals surface area contributed by atoms with Crippen LogP contribution in [0.5, 0.6) is 0 Å². The predicted molar refractivity (Wildman–Crippen MR) is 48.5 cm³/mol. The quantitative estimate of drug-likeness (QED) is 0.381. The summed E-state index contributed by atoms with van der Waals surface area (Å²) in [6.07, 6.45) is 0. The van der Waals surface area contributed by atoms with Gasteiger partial charge in [0.15, 0.2) is 10.8 Å². The Morgan fingerprint density at radius 1 is 0.938 bits per heavy atom. The van der Waals surface area contributed by atoms with Gasteiger partial charge in [-0.05, 0) is 12.1 Å². The summed E-state index contributed by atoms with van der Waals surface area (Å²) >= 11 is 0. The molecule has 2 aromatic carbocycles. The largest absolute Gasteiger partial charge is 0.431 e. The lowest BCUT2D eigenvalue weighted by atomic mass is 10.1. The minimum Gasteiger partial charge on any atom is -0.206 e. The number of hydrogen-bond acceptors (Lipinski definition) is 1. The molecule has 0 heterocycles. The molecule has 0 radical (unpaired) electrons. The topological polar surface area (TPSA) is 28.1 Å². The molecule has 6 heteroatoms. The maximum absolute atomic E-state index is 13.3. The van der Waals surface area contributed by atoms with Crippen LogP contribution in [0.3, 0.4) is 0 Å². The molecule has 0 atom stereocenters. The second kappa shape index (κ2) is 3.45. The number of rotatable bonds is 0. The normalized spacial score (nSPS) is 10.4. The zero-order valence-electron chi connectivity index (χ0n) is 7.64. The summed E-state index contributed by atoms with van der Waals surface area (Å²) in [5, 5.41) is 7.42. The first kappa shape index (κ1) is 10.4. The van der Waals surface area contributed by atoms with Crippen molar-refractivity contribution in [1.82, 2.24) is 0 Å². The predicted octanol–water partition coefficient (Wildman–Crippen LogP) is 3.88. The minimum absolute atomic E-state index is 0.334. The summed E-state index contributed by atoms with van der Waals surface area (Å²) in [6.45, 7) is 0. The lowest BCUT2D eigenvalue weighted by Crippen LogP contribution is -1.95. The Bertz CT molecular complexity index is 631. The molecule has 2 nitrogen and oxygen atoms in total. The van der Waals surface area contributed by atoms with E-state index in [1.165, 1.54) is 6.07 Å². The van der Waals surface area contributed by atoms with Gasteiger partial charge in [-0.15, -0.1) is 0 Å². The van der Waals surface area contributed by atoms with Crippen LogP contribution in [0, 0.1) is 28.7 Å². The molecule has 0 aliphatic heterocycles. The van der Waals surface area contributed by atoms with Crippen LogP contribution in [0.15, 0.2) is 18.2 Å². The first-order valence-electron chi connectivity index (χ1n) is 4.17. The summed E-state index contributed by atoms with van der Waals surface area (Å²) in [7, 11) is 0. The van der Waals surface area contributed by atoms with Gasteiger partial charge in [0.25, 0.3) is 5.82 Å². The van der Waals surface area contributed by atoms with Crippen molar-refractivity contribution >= 4 is 16.5 Å². The Labute approximate surface area is 86.7 Å². The van der Waals surface area contributed by atoms with E-state index in [1.54, 1.807) is 0 Å². The van der Waals surface area contributed by atoms with Gasteiger partial charge in [-0.2, -0.15) is 4.39 Å². The Morgan fingerprint density at radius 3 is 2.25 bits per heavy atom. The second-order valence-corrected chi connectivity index (χ2v) is 3.05. The molecule has 0 aliphatic carbocycles. The van der Waals surface area contributed by atoms with Crippen LogP contribution >= 0.6 is 0 Å². The third-order valence-electron chi connectivity index (χ3n) is 2.18. The zero-order chi connectivity index (χ0) is 11.9. The first-order valence-corrected chi connectivity index (χ1v) is 4.17. The van der Waals surface area contributed by atoms with E-state index in [1.807, 2.05) is 0 Å². The smallest absolute Gasteiger partial charge is 0.206 e. The van der Waals surface area contributed by atoms with Gasteiger partial charge in [0, 0.05) is 0 Å². The average Bonchev–Trinajstić information content (AvgIpc) is 2.27. The molecular formula is C10H3F4N2+.